The van der Waals surface area contributed by atoms with Crippen molar-refractivity contribution in [3.05, 3.63) is 17.0 Å². The van der Waals surface area contributed by atoms with Crippen LogP contribution in [-0.4, -0.2) is 53.5 Å². The first-order chi connectivity index (χ1) is 9.71. The lowest BCUT2D eigenvalue weighted by Crippen LogP contribution is -2.43. The molecule has 2 heterocycles. The molecule has 1 saturated heterocycles. The van der Waals surface area contributed by atoms with Crippen molar-refractivity contribution < 1.29 is 28.2 Å². The highest BCUT2D eigenvalue weighted by atomic mass is 32.2. The van der Waals surface area contributed by atoms with Gasteiger partial charge in [0.05, 0.1) is 12.5 Å². The van der Waals surface area contributed by atoms with Gasteiger partial charge in [-0.15, -0.1) is 11.3 Å². The first kappa shape index (κ1) is 15.9. The molecule has 0 aliphatic carbocycles. The number of carboxylic acid groups (broad SMARTS) is 1. The average Bonchev–Trinajstić information content (AvgIpc) is 2.95. The largest absolute Gasteiger partial charge is 0.481 e. The molecular weight excluding hydrogens is 320 g/mol. The SMILES string of the molecule is NC(=O)C1CC(O)CN1S(=O)(=O)c1ccc(CC(=O)O)s1. The van der Waals surface area contributed by atoms with Crippen molar-refractivity contribution in [2.45, 2.75) is 29.2 Å². The number of rotatable bonds is 5. The second-order valence-corrected chi connectivity index (χ2v) is 7.96. The minimum atomic E-state index is -3.98. The zero-order valence-corrected chi connectivity index (χ0v) is 12.4. The Hall–Kier alpha value is -1.49. The smallest absolute Gasteiger partial charge is 0.308 e. The van der Waals surface area contributed by atoms with Crippen molar-refractivity contribution in [1.29, 1.82) is 0 Å². The minimum Gasteiger partial charge on any atom is -0.481 e. The lowest BCUT2D eigenvalue weighted by Gasteiger charge is -2.20. The second-order valence-electron chi connectivity index (χ2n) is 4.67. The number of β-amino-alcohol motifs (C(OH)–C–C–N with tert-alkyl or cyclic N) is 1. The molecule has 1 aliphatic heterocycles. The molecule has 21 heavy (non-hydrogen) atoms. The Bertz CT molecular complexity index is 668. The fourth-order valence-corrected chi connectivity index (χ4v) is 5.29. The zero-order valence-electron chi connectivity index (χ0n) is 10.8. The van der Waals surface area contributed by atoms with Crippen LogP contribution in [0.5, 0.6) is 0 Å². The standard InChI is InChI=1S/C11H14N2O6S2/c12-11(17)8-3-6(14)5-13(8)21(18,19)10-2-1-7(20-10)4-9(15)16/h1-2,6,8,14H,3-5H2,(H2,12,17)(H,15,16). The van der Waals surface area contributed by atoms with Crippen LogP contribution in [0.3, 0.4) is 0 Å². The predicted molar refractivity (Wildman–Crippen MR) is 73.2 cm³/mol. The molecule has 1 aromatic heterocycles. The highest BCUT2D eigenvalue weighted by molar-refractivity contribution is 7.91. The quantitative estimate of drug-likeness (QED) is 0.630. The maximum Gasteiger partial charge on any atom is 0.308 e. The van der Waals surface area contributed by atoms with Crippen molar-refractivity contribution in [1.82, 2.24) is 4.31 Å². The Morgan fingerprint density at radius 3 is 2.67 bits per heavy atom. The van der Waals surface area contributed by atoms with E-state index in [0.717, 1.165) is 15.6 Å². The number of aliphatic carboxylic acids is 1. The van der Waals surface area contributed by atoms with Crippen LogP contribution >= 0.6 is 11.3 Å². The van der Waals surface area contributed by atoms with E-state index in [1.165, 1.54) is 12.1 Å². The van der Waals surface area contributed by atoms with Gasteiger partial charge in [-0.1, -0.05) is 0 Å². The first-order valence-corrected chi connectivity index (χ1v) is 8.27. The molecule has 2 unspecified atom stereocenters. The Balaban J connectivity index is 2.30. The third-order valence-corrected chi connectivity index (χ3v) is 6.51. The summed E-state index contributed by atoms with van der Waals surface area (Å²) >= 11 is 0.826. The second kappa shape index (κ2) is 5.72. The van der Waals surface area contributed by atoms with Gasteiger partial charge in [0, 0.05) is 17.8 Å². The van der Waals surface area contributed by atoms with Gasteiger partial charge >= 0.3 is 5.97 Å². The summed E-state index contributed by atoms with van der Waals surface area (Å²) in [5, 5.41) is 18.3. The molecular formula is C11H14N2O6S2. The summed E-state index contributed by atoms with van der Waals surface area (Å²) in [5.74, 6) is -1.88. The fourth-order valence-electron chi connectivity index (χ4n) is 2.16. The van der Waals surface area contributed by atoms with E-state index in [0.29, 0.717) is 4.88 Å². The number of hydrogen-bond acceptors (Lipinski definition) is 6. The number of hydrogen-bond donors (Lipinski definition) is 3. The first-order valence-electron chi connectivity index (χ1n) is 6.01. The number of carboxylic acids is 1. The highest BCUT2D eigenvalue weighted by Crippen LogP contribution is 2.30. The number of nitrogens with two attached hydrogens (primary N) is 1. The molecule has 2 atom stereocenters. The zero-order chi connectivity index (χ0) is 15.8. The summed E-state index contributed by atoms with van der Waals surface area (Å²) in [6.45, 7) is -0.206. The van der Waals surface area contributed by atoms with E-state index in [1.54, 1.807) is 0 Å². The molecule has 0 bridgehead atoms. The highest BCUT2D eigenvalue weighted by Gasteiger charge is 2.43. The van der Waals surface area contributed by atoms with Gasteiger partial charge in [0.2, 0.25) is 5.91 Å². The van der Waals surface area contributed by atoms with E-state index in [2.05, 4.69) is 0 Å². The summed E-state index contributed by atoms with van der Waals surface area (Å²) in [4.78, 5) is 22.3. The van der Waals surface area contributed by atoms with Crippen LogP contribution in [0.4, 0.5) is 0 Å². The van der Waals surface area contributed by atoms with Gasteiger partial charge in [0.25, 0.3) is 10.0 Å². The van der Waals surface area contributed by atoms with E-state index in [-0.39, 0.29) is 23.6 Å². The van der Waals surface area contributed by atoms with Gasteiger partial charge in [-0.05, 0) is 12.1 Å². The van der Waals surface area contributed by atoms with E-state index in [4.69, 9.17) is 10.8 Å². The number of primary amides is 1. The van der Waals surface area contributed by atoms with Crippen LogP contribution in [-0.2, 0) is 26.0 Å². The number of aliphatic hydroxyl groups excluding tert-OH is 1. The van der Waals surface area contributed by atoms with Crippen molar-refractivity contribution in [2.24, 2.45) is 5.73 Å². The number of aliphatic hydroxyl groups is 1. The third-order valence-electron chi connectivity index (χ3n) is 3.09. The van der Waals surface area contributed by atoms with E-state index in [1.807, 2.05) is 0 Å². The summed E-state index contributed by atoms with van der Waals surface area (Å²) in [7, 11) is -3.98. The lowest BCUT2D eigenvalue weighted by atomic mass is 10.2. The van der Waals surface area contributed by atoms with Gasteiger partial charge in [0.1, 0.15) is 10.3 Å². The minimum absolute atomic E-state index is 0.0398. The molecule has 1 aromatic rings. The molecule has 8 nitrogen and oxygen atoms in total. The number of carbonyl (C=O) groups is 2. The third kappa shape index (κ3) is 3.23. The summed E-state index contributed by atoms with van der Waals surface area (Å²) < 4.78 is 25.7. The predicted octanol–water partition coefficient (Wildman–Crippen LogP) is -1.02. The Kier molecular flexibility index (Phi) is 4.33. The average molecular weight is 334 g/mol. The van der Waals surface area contributed by atoms with E-state index < -0.39 is 34.0 Å². The van der Waals surface area contributed by atoms with Gasteiger partial charge in [-0.3, -0.25) is 9.59 Å². The molecule has 0 aromatic carbocycles. The van der Waals surface area contributed by atoms with Gasteiger partial charge < -0.3 is 15.9 Å². The number of nitrogens with zero attached hydrogens (tertiary/aromatic N) is 1. The monoisotopic (exact) mass is 334 g/mol. The number of carbonyl (C=O) groups excluding carboxylic acids is 1. The van der Waals surface area contributed by atoms with Crippen molar-refractivity contribution in [2.75, 3.05) is 6.54 Å². The maximum atomic E-state index is 12.5. The topological polar surface area (TPSA) is 138 Å². The molecule has 2 rings (SSSR count). The maximum absolute atomic E-state index is 12.5. The van der Waals surface area contributed by atoms with Crippen LogP contribution in [0.15, 0.2) is 16.3 Å². The summed E-state index contributed by atoms with van der Waals surface area (Å²) in [6, 6.07) is 1.62. The summed E-state index contributed by atoms with van der Waals surface area (Å²) in [6.07, 6.45) is -1.26. The summed E-state index contributed by atoms with van der Waals surface area (Å²) in [5.41, 5.74) is 5.17. The van der Waals surface area contributed by atoms with Gasteiger partial charge in [-0.25, -0.2) is 8.42 Å². The van der Waals surface area contributed by atoms with Crippen LogP contribution in [0.2, 0.25) is 0 Å². The van der Waals surface area contributed by atoms with Gasteiger partial charge in [0.15, 0.2) is 0 Å². The van der Waals surface area contributed by atoms with Crippen LogP contribution in [0.25, 0.3) is 0 Å². The molecule has 1 aliphatic rings. The molecule has 0 saturated carbocycles. The lowest BCUT2D eigenvalue weighted by molar-refractivity contribution is -0.136. The van der Waals surface area contributed by atoms with Crippen molar-refractivity contribution in [3.8, 4) is 0 Å². The molecule has 116 valence electrons. The van der Waals surface area contributed by atoms with Crippen LogP contribution < -0.4 is 5.73 Å². The number of thiophene rings is 1. The van der Waals surface area contributed by atoms with Gasteiger partial charge in [-0.2, -0.15) is 4.31 Å². The Morgan fingerprint density at radius 1 is 1.43 bits per heavy atom. The van der Waals surface area contributed by atoms with E-state index >= 15 is 0 Å². The fraction of sp³-hybridized carbons (Fsp3) is 0.455. The number of amides is 1. The van der Waals surface area contributed by atoms with E-state index in [9.17, 15) is 23.1 Å². The Morgan fingerprint density at radius 2 is 2.10 bits per heavy atom. The Labute approximate surface area is 124 Å². The van der Waals surface area contributed by atoms with Crippen LogP contribution in [0, 0.1) is 0 Å². The molecule has 10 heteroatoms. The molecule has 1 fully saturated rings. The molecule has 0 spiro atoms. The normalized spacial score (nSPS) is 23.3. The molecule has 0 radical (unpaired) electrons. The van der Waals surface area contributed by atoms with Crippen molar-refractivity contribution >= 4 is 33.2 Å². The number of sulfonamides is 1. The molecule has 4 N–H and O–H groups in total. The van der Waals surface area contributed by atoms with Crippen LogP contribution in [0.1, 0.15) is 11.3 Å². The molecule has 1 amide bonds. The van der Waals surface area contributed by atoms with Crippen molar-refractivity contribution in [3.63, 3.8) is 0 Å².